The molecule has 1 aliphatic rings. The fourth-order valence-electron chi connectivity index (χ4n) is 1.91. The van der Waals surface area contributed by atoms with Gasteiger partial charge in [0.05, 0.1) is 7.11 Å². The number of nitrogens with zero attached hydrogens (tertiary/aromatic N) is 1. The van der Waals surface area contributed by atoms with E-state index in [2.05, 4.69) is 20.4 Å². The first kappa shape index (κ1) is 11.9. The first-order chi connectivity index (χ1) is 8.29. The third-order valence-electron chi connectivity index (χ3n) is 2.91. The Balaban J connectivity index is 1.93. The van der Waals surface area contributed by atoms with E-state index in [0.717, 1.165) is 25.3 Å². The topological polar surface area (TPSA) is 63.2 Å². The lowest BCUT2D eigenvalue weighted by atomic mass is 10.1. The zero-order chi connectivity index (χ0) is 12.1. The smallest absolute Gasteiger partial charge is 0.356 e. The number of pyridine rings is 1. The van der Waals surface area contributed by atoms with Crippen LogP contribution in [0.1, 0.15) is 16.9 Å². The molecule has 1 atom stereocenters. The van der Waals surface area contributed by atoms with Gasteiger partial charge in [0.1, 0.15) is 5.69 Å². The Morgan fingerprint density at radius 2 is 2.59 bits per heavy atom. The van der Waals surface area contributed by atoms with Crippen molar-refractivity contribution in [2.75, 3.05) is 32.1 Å². The van der Waals surface area contributed by atoms with Gasteiger partial charge in [-0.25, -0.2) is 9.78 Å². The molecule has 0 amide bonds. The van der Waals surface area contributed by atoms with Crippen molar-refractivity contribution in [3.63, 3.8) is 0 Å². The molecule has 17 heavy (non-hydrogen) atoms. The Kier molecular flexibility index (Phi) is 3.93. The monoisotopic (exact) mass is 235 g/mol. The molecule has 1 aliphatic heterocycles. The third kappa shape index (κ3) is 3.17. The predicted octanol–water partition coefficient (Wildman–Crippen LogP) is 0.890. The van der Waals surface area contributed by atoms with Crippen molar-refractivity contribution in [2.45, 2.75) is 6.42 Å². The molecule has 0 bridgehead atoms. The summed E-state index contributed by atoms with van der Waals surface area (Å²) in [5.41, 5.74) is 1.24. The van der Waals surface area contributed by atoms with Crippen molar-refractivity contribution >= 4 is 11.7 Å². The second-order valence-corrected chi connectivity index (χ2v) is 4.16. The highest BCUT2D eigenvalue weighted by atomic mass is 16.5. The number of hydrogen-bond acceptors (Lipinski definition) is 5. The van der Waals surface area contributed by atoms with Crippen LogP contribution in [0.15, 0.2) is 18.3 Å². The van der Waals surface area contributed by atoms with Crippen molar-refractivity contribution in [2.24, 2.45) is 5.92 Å². The van der Waals surface area contributed by atoms with Gasteiger partial charge in [-0.15, -0.1) is 0 Å². The highest BCUT2D eigenvalue weighted by molar-refractivity contribution is 5.88. The molecule has 0 radical (unpaired) electrons. The van der Waals surface area contributed by atoms with Crippen LogP contribution in [-0.4, -0.2) is 37.7 Å². The van der Waals surface area contributed by atoms with E-state index in [4.69, 9.17) is 0 Å². The highest BCUT2D eigenvalue weighted by Crippen LogP contribution is 2.12. The number of nitrogens with one attached hydrogen (secondary N) is 2. The molecule has 2 rings (SSSR count). The molecular weight excluding hydrogens is 218 g/mol. The molecule has 1 unspecified atom stereocenters. The molecule has 0 aliphatic carbocycles. The maximum Gasteiger partial charge on any atom is 0.356 e. The molecule has 1 saturated heterocycles. The lowest BCUT2D eigenvalue weighted by molar-refractivity contribution is 0.0594. The predicted molar refractivity (Wildman–Crippen MR) is 65.0 cm³/mol. The molecule has 5 nitrogen and oxygen atoms in total. The number of ether oxygens (including phenoxy) is 1. The highest BCUT2D eigenvalue weighted by Gasteiger charge is 2.14. The Morgan fingerprint density at radius 1 is 1.71 bits per heavy atom. The van der Waals surface area contributed by atoms with Crippen molar-refractivity contribution in [3.05, 3.63) is 24.0 Å². The summed E-state index contributed by atoms with van der Waals surface area (Å²) in [6.07, 6.45) is 2.81. The molecule has 0 aromatic carbocycles. The van der Waals surface area contributed by atoms with Gasteiger partial charge in [-0.1, -0.05) is 0 Å². The van der Waals surface area contributed by atoms with E-state index in [1.54, 1.807) is 12.3 Å². The zero-order valence-electron chi connectivity index (χ0n) is 9.90. The fraction of sp³-hybridized carbons (Fsp3) is 0.500. The largest absolute Gasteiger partial charge is 0.464 e. The van der Waals surface area contributed by atoms with Crippen LogP contribution in [0, 0.1) is 5.92 Å². The molecule has 1 fully saturated rings. The summed E-state index contributed by atoms with van der Waals surface area (Å²) in [5, 5.41) is 6.64. The third-order valence-corrected chi connectivity index (χ3v) is 2.91. The number of hydrogen-bond donors (Lipinski definition) is 2. The Hall–Kier alpha value is -1.62. The van der Waals surface area contributed by atoms with E-state index in [9.17, 15) is 4.79 Å². The number of carbonyl (C=O) groups excluding carboxylic acids is 1. The fourth-order valence-corrected chi connectivity index (χ4v) is 1.91. The number of aromatic nitrogens is 1. The van der Waals surface area contributed by atoms with Crippen LogP contribution in [0.25, 0.3) is 0 Å². The summed E-state index contributed by atoms with van der Waals surface area (Å²) >= 11 is 0. The maximum absolute atomic E-state index is 11.3. The molecule has 1 aromatic rings. The minimum Gasteiger partial charge on any atom is -0.464 e. The molecule has 0 saturated carbocycles. The van der Waals surface area contributed by atoms with Gasteiger partial charge in [-0.05, 0) is 37.6 Å². The summed E-state index contributed by atoms with van der Waals surface area (Å²) in [7, 11) is 1.36. The molecular formula is C12H17N3O2. The van der Waals surface area contributed by atoms with Gasteiger partial charge >= 0.3 is 5.97 Å². The lowest BCUT2D eigenvalue weighted by Crippen LogP contribution is -2.17. The maximum atomic E-state index is 11.3. The van der Waals surface area contributed by atoms with Crippen molar-refractivity contribution in [1.29, 1.82) is 0 Å². The molecule has 5 heteroatoms. The molecule has 92 valence electrons. The van der Waals surface area contributed by atoms with Crippen LogP contribution in [0.2, 0.25) is 0 Å². The Labute approximate surface area is 101 Å². The number of anilines is 1. The van der Waals surface area contributed by atoms with E-state index in [1.165, 1.54) is 13.5 Å². The van der Waals surface area contributed by atoms with E-state index in [0.29, 0.717) is 11.6 Å². The van der Waals surface area contributed by atoms with Crippen LogP contribution in [-0.2, 0) is 4.74 Å². The van der Waals surface area contributed by atoms with Gasteiger partial charge in [0.25, 0.3) is 0 Å². The van der Waals surface area contributed by atoms with Crippen molar-refractivity contribution < 1.29 is 9.53 Å². The number of methoxy groups -OCH3 is 1. The summed E-state index contributed by atoms with van der Waals surface area (Å²) < 4.78 is 4.63. The SMILES string of the molecule is COC(=O)c1cc(NCC2CCNC2)ccn1. The van der Waals surface area contributed by atoms with Gasteiger partial charge in [0.15, 0.2) is 0 Å². The van der Waals surface area contributed by atoms with Gasteiger partial charge in [0.2, 0.25) is 0 Å². The Morgan fingerprint density at radius 3 is 3.29 bits per heavy atom. The quantitative estimate of drug-likeness (QED) is 0.759. The number of carbonyl (C=O) groups is 1. The first-order valence-corrected chi connectivity index (χ1v) is 5.78. The molecule has 2 heterocycles. The van der Waals surface area contributed by atoms with Crippen molar-refractivity contribution in [1.82, 2.24) is 10.3 Å². The summed E-state index contributed by atoms with van der Waals surface area (Å²) in [6.45, 7) is 3.07. The molecule has 2 N–H and O–H groups in total. The van der Waals surface area contributed by atoms with E-state index in [1.807, 2.05) is 6.07 Å². The minimum absolute atomic E-state index is 0.335. The van der Waals surface area contributed by atoms with Crippen LogP contribution in [0.4, 0.5) is 5.69 Å². The average molecular weight is 235 g/mol. The van der Waals surface area contributed by atoms with Crippen molar-refractivity contribution in [3.8, 4) is 0 Å². The summed E-state index contributed by atoms with van der Waals surface area (Å²) in [5.74, 6) is 0.251. The number of rotatable bonds is 4. The van der Waals surface area contributed by atoms with Crippen LogP contribution < -0.4 is 10.6 Å². The van der Waals surface area contributed by atoms with E-state index in [-0.39, 0.29) is 0 Å². The summed E-state index contributed by atoms with van der Waals surface area (Å²) in [6, 6.07) is 3.57. The minimum atomic E-state index is -0.406. The van der Waals surface area contributed by atoms with Crippen LogP contribution >= 0.6 is 0 Å². The summed E-state index contributed by atoms with van der Waals surface area (Å²) in [4.78, 5) is 15.3. The van der Waals surface area contributed by atoms with Crippen LogP contribution in [0.3, 0.4) is 0 Å². The van der Waals surface area contributed by atoms with Gasteiger partial charge in [0, 0.05) is 18.4 Å². The standard InChI is InChI=1S/C12H17N3O2/c1-17-12(16)11-6-10(3-5-14-11)15-8-9-2-4-13-7-9/h3,5-6,9,13H,2,4,7-8H2,1H3,(H,14,15). The lowest BCUT2D eigenvalue weighted by Gasteiger charge is -2.11. The van der Waals surface area contributed by atoms with E-state index >= 15 is 0 Å². The van der Waals surface area contributed by atoms with Gasteiger partial charge in [-0.2, -0.15) is 0 Å². The number of esters is 1. The molecule has 1 aromatic heterocycles. The van der Waals surface area contributed by atoms with E-state index < -0.39 is 5.97 Å². The second-order valence-electron chi connectivity index (χ2n) is 4.16. The van der Waals surface area contributed by atoms with Gasteiger partial charge in [-0.3, -0.25) is 0 Å². The Bertz CT molecular complexity index is 389. The second kappa shape index (κ2) is 5.63. The zero-order valence-corrected chi connectivity index (χ0v) is 9.90. The molecule has 0 spiro atoms. The first-order valence-electron chi connectivity index (χ1n) is 5.78. The van der Waals surface area contributed by atoms with Gasteiger partial charge < -0.3 is 15.4 Å². The van der Waals surface area contributed by atoms with Crippen LogP contribution in [0.5, 0.6) is 0 Å². The average Bonchev–Trinajstić information content (AvgIpc) is 2.89. The normalized spacial score (nSPS) is 19.0.